The van der Waals surface area contributed by atoms with E-state index in [-0.39, 0.29) is 17.5 Å². The van der Waals surface area contributed by atoms with Gasteiger partial charge in [0, 0.05) is 13.2 Å². The Balaban J connectivity index is 1.97. The molecule has 1 saturated heterocycles. The lowest BCUT2D eigenvalue weighted by Crippen LogP contribution is -2.31. The van der Waals surface area contributed by atoms with Gasteiger partial charge in [-0.3, -0.25) is 0 Å². The van der Waals surface area contributed by atoms with Crippen LogP contribution in [0.5, 0.6) is 0 Å². The van der Waals surface area contributed by atoms with Gasteiger partial charge in [0.15, 0.2) is 0 Å². The maximum absolute atomic E-state index is 12.2. The highest BCUT2D eigenvalue weighted by atomic mass is 32.2. The van der Waals surface area contributed by atoms with Gasteiger partial charge in [0.2, 0.25) is 10.0 Å². The van der Waals surface area contributed by atoms with Crippen molar-refractivity contribution in [2.75, 3.05) is 19.8 Å². The minimum absolute atomic E-state index is 0.0573. The zero-order valence-electron chi connectivity index (χ0n) is 12.6. The number of sulfonamides is 1. The Hall–Kier alpha value is -1.44. The van der Waals surface area contributed by atoms with Crippen LogP contribution < -0.4 is 4.72 Å². The third-order valence-corrected chi connectivity index (χ3v) is 4.80. The van der Waals surface area contributed by atoms with E-state index in [9.17, 15) is 13.2 Å². The number of carbonyl (C=O) groups excluding carboxylic acids is 1. The summed E-state index contributed by atoms with van der Waals surface area (Å²) in [5, 5.41) is 0. The molecule has 1 aliphatic rings. The molecule has 1 fully saturated rings. The average molecular weight is 327 g/mol. The number of esters is 1. The highest BCUT2D eigenvalue weighted by Crippen LogP contribution is 2.14. The number of benzene rings is 1. The fourth-order valence-corrected chi connectivity index (χ4v) is 3.21. The molecule has 0 amide bonds. The lowest BCUT2D eigenvalue weighted by molar-refractivity contribution is 0.0505. The molecule has 1 atom stereocenters. The first-order chi connectivity index (χ1) is 10.5. The van der Waals surface area contributed by atoms with Crippen LogP contribution in [0.4, 0.5) is 0 Å². The molecule has 0 saturated carbocycles. The second-order valence-electron chi connectivity index (χ2n) is 5.15. The van der Waals surface area contributed by atoms with E-state index in [1.54, 1.807) is 0 Å². The fourth-order valence-electron chi connectivity index (χ4n) is 2.14. The number of nitrogens with one attached hydrogen (secondary N) is 1. The van der Waals surface area contributed by atoms with Gasteiger partial charge in [-0.2, -0.15) is 0 Å². The number of hydrogen-bond acceptors (Lipinski definition) is 5. The number of hydrogen-bond donors (Lipinski definition) is 1. The van der Waals surface area contributed by atoms with Crippen LogP contribution in [-0.4, -0.2) is 40.2 Å². The molecule has 22 heavy (non-hydrogen) atoms. The highest BCUT2D eigenvalue weighted by Gasteiger charge is 2.20. The quantitative estimate of drug-likeness (QED) is 0.771. The summed E-state index contributed by atoms with van der Waals surface area (Å²) in [6.07, 6.45) is 2.51. The summed E-state index contributed by atoms with van der Waals surface area (Å²) in [4.78, 5) is 11.8. The van der Waals surface area contributed by atoms with Crippen LogP contribution in [0.1, 0.15) is 36.5 Å². The zero-order chi connectivity index (χ0) is 16.0. The highest BCUT2D eigenvalue weighted by molar-refractivity contribution is 7.89. The molecule has 0 aromatic heterocycles. The molecule has 2 rings (SSSR count). The molecule has 1 heterocycles. The summed E-state index contributed by atoms with van der Waals surface area (Å²) < 4.78 is 37.2. The predicted octanol–water partition coefficient (Wildman–Crippen LogP) is 1.71. The predicted molar refractivity (Wildman–Crippen MR) is 81.2 cm³/mol. The Morgan fingerprint density at radius 1 is 1.36 bits per heavy atom. The van der Waals surface area contributed by atoms with E-state index < -0.39 is 16.0 Å². The largest absolute Gasteiger partial charge is 0.462 e. The Morgan fingerprint density at radius 2 is 2.09 bits per heavy atom. The Bertz CT molecular complexity index is 591. The zero-order valence-corrected chi connectivity index (χ0v) is 13.4. The minimum atomic E-state index is -3.59. The van der Waals surface area contributed by atoms with Gasteiger partial charge in [-0.15, -0.1) is 0 Å². The van der Waals surface area contributed by atoms with Crippen molar-refractivity contribution in [3.63, 3.8) is 0 Å². The van der Waals surface area contributed by atoms with Gasteiger partial charge in [0.1, 0.15) is 0 Å². The van der Waals surface area contributed by atoms with Crippen molar-refractivity contribution in [3.8, 4) is 0 Å². The Kier molecular flexibility index (Phi) is 5.93. The Morgan fingerprint density at radius 3 is 2.68 bits per heavy atom. The molecule has 7 heteroatoms. The molecular weight excluding hydrogens is 306 g/mol. The van der Waals surface area contributed by atoms with Crippen molar-refractivity contribution in [1.82, 2.24) is 4.72 Å². The van der Waals surface area contributed by atoms with Gasteiger partial charge < -0.3 is 9.47 Å². The molecule has 1 unspecified atom stereocenters. The van der Waals surface area contributed by atoms with Crippen molar-refractivity contribution in [2.45, 2.75) is 37.2 Å². The van der Waals surface area contributed by atoms with E-state index in [0.717, 1.165) is 19.3 Å². The van der Waals surface area contributed by atoms with E-state index in [1.165, 1.54) is 24.3 Å². The Labute approximate surface area is 130 Å². The molecule has 0 aliphatic carbocycles. The number of ether oxygens (including phenoxy) is 2. The fraction of sp³-hybridized carbons (Fsp3) is 0.533. The van der Waals surface area contributed by atoms with Gasteiger partial charge in [0.05, 0.1) is 23.2 Å². The third kappa shape index (κ3) is 4.53. The number of carbonyl (C=O) groups is 1. The summed E-state index contributed by atoms with van der Waals surface area (Å²) in [5.74, 6) is -0.446. The van der Waals surface area contributed by atoms with E-state index in [4.69, 9.17) is 9.47 Å². The van der Waals surface area contributed by atoms with Crippen LogP contribution in [0.3, 0.4) is 0 Å². The molecule has 1 aliphatic heterocycles. The van der Waals surface area contributed by atoms with Gasteiger partial charge in [-0.05, 0) is 43.5 Å². The van der Waals surface area contributed by atoms with Crippen LogP contribution in [0.25, 0.3) is 0 Å². The first-order valence-corrected chi connectivity index (χ1v) is 8.89. The first-order valence-electron chi connectivity index (χ1n) is 7.41. The van der Waals surface area contributed by atoms with Gasteiger partial charge >= 0.3 is 5.97 Å². The van der Waals surface area contributed by atoms with E-state index >= 15 is 0 Å². The maximum atomic E-state index is 12.2. The molecular formula is C15H21NO5S. The SMILES string of the molecule is CCCOC(=O)c1ccc(S(=O)(=O)NCC2CCCO2)cc1. The van der Waals surface area contributed by atoms with Gasteiger partial charge in [-0.1, -0.05) is 6.92 Å². The van der Waals surface area contributed by atoms with Gasteiger partial charge in [0.25, 0.3) is 0 Å². The third-order valence-electron chi connectivity index (χ3n) is 3.36. The lowest BCUT2D eigenvalue weighted by Gasteiger charge is -2.11. The molecule has 1 aromatic carbocycles. The molecule has 0 radical (unpaired) electrons. The van der Waals surface area contributed by atoms with E-state index in [1.807, 2.05) is 6.92 Å². The smallest absolute Gasteiger partial charge is 0.338 e. The summed E-state index contributed by atoms with van der Waals surface area (Å²) >= 11 is 0. The maximum Gasteiger partial charge on any atom is 0.338 e. The molecule has 6 nitrogen and oxygen atoms in total. The van der Waals surface area contributed by atoms with Crippen LogP contribution >= 0.6 is 0 Å². The number of rotatable bonds is 7. The van der Waals surface area contributed by atoms with Crippen LogP contribution in [0.2, 0.25) is 0 Å². The topological polar surface area (TPSA) is 81.7 Å². The van der Waals surface area contributed by atoms with Crippen molar-refractivity contribution >= 4 is 16.0 Å². The molecule has 1 N–H and O–H groups in total. The average Bonchev–Trinajstić information content (AvgIpc) is 3.04. The molecule has 122 valence electrons. The standard InChI is InChI=1S/C15H21NO5S/c1-2-9-21-15(17)12-5-7-14(8-6-12)22(18,19)16-11-13-4-3-10-20-13/h5-8,13,16H,2-4,9-11H2,1H3. The summed E-state index contributed by atoms with van der Waals surface area (Å²) in [5.41, 5.74) is 0.339. The van der Waals surface area contributed by atoms with E-state index in [0.29, 0.717) is 18.8 Å². The summed E-state index contributed by atoms with van der Waals surface area (Å²) in [6, 6.07) is 5.72. The molecule has 1 aromatic rings. The second-order valence-corrected chi connectivity index (χ2v) is 6.91. The summed E-state index contributed by atoms with van der Waals surface area (Å²) in [7, 11) is -3.59. The van der Waals surface area contributed by atoms with Crippen molar-refractivity contribution in [1.29, 1.82) is 0 Å². The lowest BCUT2D eigenvalue weighted by atomic mass is 10.2. The minimum Gasteiger partial charge on any atom is -0.462 e. The molecule has 0 bridgehead atoms. The molecule has 0 spiro atoms. The van der Waals surface area contributed by atoms with Crippen LogP contribution in [0.15, 0.2) is 29.2 Å². The van der Waals surface area contributed by atoms with Gasteiger partial charge in [-0.25, -0.2) is 17.9 Å². The van der Waals surface area contributed by atoms with Crippen LogP contribution in [-0.2, 0) is 19.5 Å². The monoisotopic (exact) mass is 327 g/mol. The van der Waals surface area contributed by atoms with Crippen LogP contribution in [0, 0.1) is 0 Å². The normalized spacial score (nSPS) is 18.3. The first kappa shape index (κ1) is 16.9. The summed E-state index contributed by atoms with van der Waals surface area (Å²) in [6.45, 7) is 3.20. The van der Waals surface area contributed by atoms with Crippen molar-refractivity contribution in [3.05, 3.63) is 29.8 Å². The van der Waals surface area contributed by atoms with E-state index in [2.05, 4.69) is 4.72 Å². The van der Waals surface area contributed by atoms with Crippen molar-refractivity contribution < 1.29 is 22.7 Å². The second kappa shape index (κ2) is 7.71. The van der Waals surface area contributed by atoms with Crippen molar-refractivity contribution in [2.24, 2.45) is 0 Å².